The lowest BCUT2D eigenvalue weighted by Gasteiger charge is -2.25. The summed E-state index contributed by atoms with van der Waals surface area (Å²) in [6.07, 6.45) is 3.51. The Balaban J connectivity index is 1.56. The van der Waals surface area contributed by atoms with Gasteiger partial charge in [0.25, 0.3) is 0 Å². The largest absolute Gasteiger partial charge is 0.393 e. The number of aliphatic hydroxyl groups excluding tert-OH is 1. The molecule has 134 valence electrons. The van der Waals surface area contributed by atoms with Crippen molar-refractivity contribution in [1.82, 2.24) is 15.1 Å². The highest BCUT2D eigenvalue weighted by atomic mass is 16.3. The summed E-state index contributed by atoms with van der Waals surface area (Å²) in [4.78, 5) is 12.2. The van der Waals surface area contributed by atoms with Gasteiger partial charge in [-0.1, -0.05) is 36.8 Å². The number of hydrogen-bond donors (Lipinski definition) is 3. The number of benzene rings is 1. The smallest absolute Gasteiger partial charge is 0.320 e. The molecule has 0 aliphatic heterocycles. The van der Waals surface area contributed by atoms with Crippen molar-refractivity contribution in [2.24, 2.45) is 5.92 Å². The molecule has 1 aromatic heterocycles. The Morgan fingerprint density at radius 1 is 1.32 bits per heavy atom. The lowest BCUT2D eigenvalue weighted by Crippen LogP contribution is -2.36. The first kappa shape index (κ1) is 17.5. The number of nitrogens with zero attached hydrogens (tertiary/aromatic N) is 2. The number of rotatable bonds is 5. The zero-order valence-corrected chi connectivity index (χ0v) is 14.6. The third-order valence-electron chi connectivity index (χ3n) is 4.63. The molecule has 2 amide bonds. The highest BCUT2D eigenvalue weighted by Crippen LogP contribution is 2.23. The van der Waals surface area contributed by atoms with Crippen molar-refractivity contribution in [3.63, 3.8) is 0 Å². The molecular formula is C19H26N4O2. The number of urea groups is 1. The predicted molar refractivity (Wildman–Crippen MR) is 97.5 cm³/mol. The summed E-state index contributed by atoms with van der Waals surface area (Å²) in [5, 5.41) is 20.0. The zero-order chi connectivity index (χ0) is 17.6. The monoisotopic (exact) mass is 342 g/mol. The van der Waals surface area contributed by atoms with E-state index in [2.05, 4.69) is 15.7 Å². The molecule has 2 atom stereocenters. The Hall–Kier alpha value is -2.34. The summed E-state index contributed by atoms with van der Waals surface area (Å²) >= 11 is 0. The lowest BCUT2D eigenvalue weighted by molar-refractivity contribution is 0.101. The fourth-order valence-electron chi connectivity index (χ4n) is 3.37. The molecule has 0 saturated heterocycles. The van der Waals surface area contributed by atoms with Crippen LogP contribution in [0.5, 0.6) is 0 Å². The maximum atomic E-state index is 12.2. The molecule has 6 nitrogen and oxygen atoms in total. The topological polar surface area (TPSA) is 79.2 Å². The molecule has 1 saturated carbocycles. The quantitative estimate of drug-likeness (QED) is 0.782. The molecule has 25 heavy (non-hydrogen) atoms. The van der Waals surface area contributed by atoms with Crippen molar-refractivity contribution < 1.29 is 9.90 Å². The Labute approximate surface area is 148 Å². The third kappa shape index (κ3) is 5.06. The van der Waals surface area contributed by atoms with E-state index in [1.807, 2.05) is 43.3 Å². The van der Waals surface area contributed by atoms with Crippen molar-refractivity contribution >= 4 is 11.8 Å². The van der Waals surface area contributed by atoms with Gasteiger partial charge < -0.3 is 10.4 Å². The van der Waals surface area contributed by atoms with Crippen LogP contribution in [0.3, 0.4) is 0 Å². The average molecular weight is 342 g/mol. The second kappa shape index (κ2) is 8.16. The van der Waals surface area contributed by atoms with Crippen LogP contribution in [-0.4, -0.2) is 33.6 Å². The van der Waals surface area contributed by atoms with Gasteiger partial charge in [0.1, 0.15) is 5.82 Å². The number of aliphatic hydroxyl groups is 1. The van der Waals surface area contributed by atoms with Gasteiger partial charge in [0.2, 0.25) is 0 Å². The van der Waals surface area contributed by atoms with Crippen LogP contribution in [0.2, 0.25) is 0 Å². The van der Waals surface area contributed by atoms with Crippen LogP contribution in [0.4, 0.5) is 10.6 Å². The number of aryl methyl sites for hydroxylation is 1. The molecular weight excluding hydrogens is 316 g/mol. The van der Waals surface area contributed by atoms with E-state index in [-0.39, 0.29) is 12.1 Å². The summed E-state index contributed by atoms with van der Waals surface area (Å²) in [7, 11) is 0. The summed E-state index contributed by atoms with van der Waals surface area (Å²) in [5.41, 5.74) is 1.99. The minimum Gasteiger partial charge on any atom is -0.393 e. The van der Waals surface area contributed by atoms with E-state index >= 15 is 0 Å². The number of nitrogens with one attached hydrogen (secondary N) is 2. The van der Waals surface area contributed by atoms with E-state index in [4.69, 9.17) is 0 Å². The fraction of sp³-hybridized carbons (Fsp3) is 0.474. The average Bonchev–Trinajstić information content (AvgIpc) is 2.93. The van der Waals surface area contributed by atoms with Gasteiger partial charge in [0.05, 0.1) is 18.3 Å². The highest BCUT2D eigenvalue weighted by Gasteiger charge is 2.20. The second-order valence-corrected chi connectivity index (χ2v) is 6.84. The molecule has 1 aromatic carbocycles. The van der Waals surface area contributed by atoms with Gasteiger partial charge in [0.15, 0.2) is 0 Å². The molecule has 3 rings (SSSR count). The number of carbonyl (C=O) groups is 1. The number of carbonyl (C=O) groups excluding carboxylic acids is 1. The molecule has 3 N–H and O–H groups in total. The summed E-state index contributed by atoms with van der Waals surface area (Å²) in [6.45, 7) is 3.11. The Morgan fingerprint density at radius 3 is 2.88 bits per heavy atom. The maximum Gasteiger partial charge on any atom is 0.320 e. The predicted octanol–water partition coefficient (Wildman–Crippen LogP) is 2.91. The standard InChI is InChI=1S/C19H26N4O2/c1-14-10-18(23(22-14)13-15-6-3-2-4-7-15)21-19(25)20-12-16-8-5-9-17(24)11-16/h2-4,6-7,10,16-17,24H,5,8-9,11-13H2,1H3,(H2,20,21,25). The van der Waals surface area contributed by atoms with Gasteiger partial charge in [-0.3, -0.25) is 5.32 Å². The first-order chi connectivity index (χ1) is 12.1. The molecule has 0 spiro atoms. The zero-order valence-electron chi connectivity index (χ0n) is 14.6. The molecule has 1 heterocycles. The van der Waals surface area contributed by atoms with Gasteiger partial charge in [-0.2, -0.15) is 5.10 Å². The summed E-state index contributed by atoms with van der Waals surface area (Å²) < 4.78 is 1.80. The van der Waals surface area contributed by atoms with Gasteiger partial charge in [0, 0.05) is 12.6 Å². The van der Waals surface area contributed by atoms with Crippen molar-refractivity contribution in [3.8, 4) is 0 Å². The number of anilines is 1. The highest BCUT2D eigenvalue weighted by molar-refractivity contribution is 5.88. The summed E-state index contributed by atoms with van der Waals surface area (Å²) in [6, 6.07) is 11.7. The van der Waals surface area contributed by atoms with Gasteiger partial charge in [-0.05, 0) is 37.7 Å². The molecule has 2 unspecified atom stereocenters. The SMILES string of the molecule is Cc1cc(NC(=O)NCC2CCCC(O)C2)n(Cc2ccccc2)n1. The number of aromatic nitrogens is 2. The third-order valence-corrected chi connectivity index (χ3v) is 4.63. The molecule has 2 aromatic rings. The van der Waals surface area contributed by atoms with Crippen LogP contribution < -0.4 is 10.6 Å². The Kier molecular flexibility index (Phi) is 5.71. The molecule has 6 heteroatoms. The van der Waals surface area contributed by atoms with E-state index in [1.165, 1.54) is 0 Å². The Bertz CT molecular complexity index is 699. The van der Waals surface area contributed by atoms with Crippen LogP contribution in [0.25, 0.3) is 0 Å². The molecule has 1 aliphatic carbocycles. The van der Waals surface area contributed by atoms with Gasteiger partial charge >= 0.3 is 6.03 Å². The first-order valence-corrected chi connectivity index (χ1v) is 8.91. The molecule has 1 fully saturated rings. The molecule has 1 aliphatic rings. The van der Waals surface area contributed by atoms with E-state index in [9.17, 15) is 9.90 Å². The van der Waals surface area contributed by atoms with Crippen molar-refractivity contribution in [3.05, 3.63) is 47.7 Å². The van der Waals surface area contributed by atoms with E-state index in [0.29, 0.717) is 24.8 Å². The van der Waals surface area contributed by atoms with Crippen LogP contribution >= 0.6 is 0 Å². The van der Waals surface area contributed by atoms with E-state index < -0.39 is 0 Å². The van der Waals surface area contributed by atoms with Crippen LogP contribution in [0.1, 0.15) is 36.9 Å². The van der Waals surface area contributed by atoms with E-state index in [1.54, 1.807) is 4.68 Å². The fourth-order valence-corrected chi connectivity index (χ4v) is 3.37. The normalized spacial score (nSPS) is 20.2. The van der Waals surface area contributed by atoms with Crippen molar-refractivity contribution in [1.29, 1.82) is 0 Å². The first-order valence-electron chi connectivity index (χ1n) is 8.91. The minimum atomic E-state index is -0.228. The second-order valence-electron chi connectivity index (χ2n) is 6.84. The van der Waals surface area contributed by atoms with Crippen LogP contribution in [-0.2, 0) is 6.54 Å². The minimum absolute atomic E-state index is 0.224. The molecule has 0 radical (unpaired) electrons. The number of hydrogen-bond acceptors (Lipinski definition) is 3. The molecule has 0 bridgehead atoms. The maximum absolute atomic E-state index is 12.2. The Morgan fingerprint density at radius 2 is 2.12 bits per heavy atom. The van der Waals surface area contributed by atoms with Crippen LogP contribution in [0, 0.1) is 12.8 Å². The number of amides is 2. The van der Waals surface area contributed by atoms with Crippen LogP contribution in [0.15, 0.2) is 36.4 Å². The van der Waals surface area contributed by atoms with Crippen molar-refractivity contribution in [2.45, 2.75) is 45.3 Å². The van der Waals surface area contributed by atoms with E-state index in [0.717, 1.165) is 36.9 Å². The van der Waals surface area contributed by atoms with Gasteiger partial charge in [-0.25, -0.2) is 9.48 Å². The lowest BCUT2D eigenvalue weighted by atomic mass is 9.87. The van der Waals surface area contributed by atoms with Gasteiger partial charge in [-0.15, -0.1) is 0 Å². The van der Waals surface area contributed by atoms with Crippen molar-refractivity contribution in [2.75, 3.05) is 11.9 Å². The summed E-state index contributed by atoms with van der Waals surface area (Å²) in [5.74, 6) is 1.04.